The normalized spacial score (nSPS) is 13.0. The lowest BCUT2D eigenvalue weighted by Gasteiger charge is -2.07. The lowest BCUT2D eigenvalue weighted by molar-refractivity contribution is -0.116. The summed E-state index contributed by atoms with van der Waals surface area (Å²) >= 11 is 0. The molecule has 9 nitrogen and oxygen atoms in total. The predicted octanol–water partition coefficient (Wildman–Crippen LogP) is 1.46. The molecule has 0 saturated heterocycles. The Labute approximate surface area is 160 Å². The topological polar surface area (TPSA) is 110 Å². The van der Waals surface area contributed by atoms with Gasteiger partial charge < -0.3 is 5.32 Å². The molecule has 140 valence electrons. The van der Waals surface area contributed by atoms with Crippen LogP contribution in [0.3, 0.4) is 0 Å². The maximum atomic E-state index is 12.2. The van der Waals surface area contributed by atoms with E-state index in [2.05, 4.69) is 20.8 Å². The molecule has 0 atom stereocenters. The number of hydrogen-bond donors (Lipinski definition) is 1. The van der Waals surface area contributed by atoms with Crippen LogP contribution in [0.1, 0.15) is 32.7 Å². The van der Waals surface area contributed by atoms with Crippen molar-refractivity contribution in [2.24, 2.45) is 0 Å². The fourth-order valence-electron chi connectivity index (χ4n) is 3.02. The first-order chi connectivity index (χ1) is 13.5. The quantitative estimate of drug-likeness (QED) is 0.675. The number of anilines is 1. The Morgan fingerprint density at radius 2 is 1.79 bits per heavy atom. The first kappa shape index (κ1) is 17.5. The fraction of sp³-hybridized carbons (Fsp3) is 0.158. The van der Waals surface area contributed by atoms with Crippen molar-refractivity contribution in [1.29, 1.82) is 0 Å². The third kappa shape index (κ3) is 3.25. The Bertz CT molecular complexity index is 1060. The minimum Gasteiger partial charge on any atom is -0.326 e. The van der Waals surface area contributed by atoms with Gasteiger partial charge in [-0.25, -0.2) is 4.68 Å². The van der Waals surface area contributed by atoms with Crippen LogP contribution in [0.15, 0.2) is 48.8 Å². The van der Waals surface area contributed by atoms with Gasteiger partial charge in [0.05, 0.1) is 16.8 Å². The molecule has 0 aliphatic carbocycles. The van der Waals surface area contributed by atoms with E-state index in [1.165, 1.54) is 19.4 Å². The summed E-state index contributed by atoms with van der Waals surface area (Å²) in [6, 6.07) is 12.3. The molecule has 1 aliphatic heterocycles. The van der Waals surface area contributed by atoms with E-state index in [4.69, 9.17) is 0 Å². The van der Waals surface area contributed by atoms with Gasteiger partial charge in [-0.15, -0.1) is 5.10 Å². The van der Waals surface area contributed by atoms with Crippen LogP contribution in [-0.4, -0.2) is 49.9 Å². The van der Waals surface area contributed by atoms with E-state index in [0.717, 1.165) is 16.2 Å². The molecular weight excluding hydrogens is 360 g/mol. The maximum absolute atomic E-state index is 12.2. The molecule has 28 heavy (non-hydrogen) atoms. The fourth-order valence-corrected chi connectivity index (χ4v) is 3.02. The molecule has 2 heterocycles. The summed E-state index contributed by atoms with van der Waals surface area (Å²) in [5, 5.41) is 13.8. The SMILES string of the molecule is CN1C(=O)c2ccc(NC(=O)CCc3ccc(-n4cnnn4)cc3)cc2C1=O. The zero-order chi connectivity index (χ0) is 19.7. The highest BCUT2D eigenvalue weighted by molar-refractivity contribution is 6.21. The van der Waals surface area contributed by atoms with E-state index in [-0.39, 0.29) is 24.1 Å². The smallest absolute Gasteiger partial charge is 0.261 e. The van der Waals surface area contributed by atoms with Crippen LogP contribution in [-0.2, 0) is 11.2 Å². The number of carbonyl (C=O) groups is 3. The molecule has 4 rings (SSSR count). The summed E-state index contributed by atoms with van der Waals surface area (Å²) in [5.74, 6) is -0.864. The molecule has 2 aromatic carbocycles. The van der Waals surface area contributed by atoms with Crippen molar-refractivity contribution in [1.82, 2.24) is 25.1 Å². The van der Waals surface area contributed by atoms with Crippen LogP contribution in [0, 0.1) is 0 Å². The maximum Gasteiger partial charge on any atom is 0.261 e. The molecule has 9 heteroatoms. The second-order valence-electron chi connectivity index (χ2n) is 6.40. The number of amides is 3. The first-order valence-corrected chi connectivity index (χ1v) is 8.61. The van der Waals surface area contributed by atoms with Crippen molar-refractivity contribution in [2.45, 2.75) is 12.8 Å². The van der Waals surface area contributed by atoms with Crippen molar-refractivity contribution in [2.75, 3.05) is 12.4 Å². The molecule has 0 fully saturated rings. The molecule has 3 aromatic rings. The predicted molar refractivity (Wildman–Crippen MR) is 99.0 cm³/mol. The number of tetrazole rings is 1. The van der Waals surface area contributed by atoms with E-state index in [1.54, 1.807) is 16.8 Å². The lowest BCUT2D eigenvalue weighted by atomic mass is 10.1. The van der Waals surface area contributed by atoms with Crippen molar-refractivity contribution < 1.29 is 14.4 Å². The van der Waals surface area contributed by atoms with Gasteiger partial charge in [0, 0.05) is 19.2 Å². The number of fused-ring (bicyclic) bond motifs is 1. The molecule has 1 aliphatic rings. The molecular formula is C19H16N6O3. The summed E-state index contributed by atoms with van der Waals surface area (Å²) in [6.07, 6.45) is 2.36. The van der Waals surface area contributed by atoms with E-state index in [0.29, 0.717) is 23.2 Å². The monoisotopic (exact) mass is 376 g/mol. The van der Waals surface area contributed by atoms with Gasteiger partial charge in [-0.1, -0.05) is 12.1 Å². The van der Waals surface area contributed by atoms with E-state index >= 15 is 0 Å². The van der Waals surface area contributed by atoms with Crippen LogP contribution >= 0.6 is 0 Å². The second-order valence-corrected chi connectivity index (χ2v) is 6.40. The Morgan fingerprint density at radius 3 is 2.50 bits per heavy atom. The van der Waals surface area contributed by atoms with Crippen LogP contribution in [0.5, 0.6) is 0 Å². The van der Waals surface area contributed by atoms with Crippen LogP contribution in [0.2, 0.25) is 0 Å². The van der Waals surface area contributed by atoms with Crippen molar-refractivity contribution >= 4 is 23.4 Å². The Balaban J connectivity index is 1.36. The molecule has 3 amide bonds. The van der Waals surface area contributed by atoms with E-state index in [1.807, 2.05) is 24.3 Å². The highest BCUT2D eigenvalue weighted by atomic mass is 16.2. The molecule has 1 N–H and O–H groups in total. The number of aromatic nitrogens is 4. The van der Waals surface area contributed by atoms with Gasteiger partial charge in [-0.05, 0) is 52.7 Å². The van der Waals surface area contributed by atoms with Gasteiger partial charge in [0.15, 0.2) is 0 Å². The van der Waals surface area contributed by atoms with Crippen LogP contribution in [0.4, 0.5) is 5.69 Å². The number of imide groups is 1. The van der Waals surface area contributed by atoms with Crippen molar-refractivity contribution in [3.05, 3.63) is 65.5 Å². The molecule has 1 aromatic heterocycles. The third-order valence-corrected chi connectivity index (χ3v) is 4.56. The molecule has 0 saturated carbocycles. The molecule has 0 bridgehead atoms. The zero-order valence-corrected chi connectivity index (χ0v) is 15.0. The number of carbonyl (C=O) groups excluding carboxylic acids is 3. The minimum atomic E-state index is -0.362. The number of aryl methyl sites for hydroxylation is 1. The average Bonchev–Trinajstić information content (AvgIpc) is 3.32. The number of benzene rings is 2. The zero-order valence-electron chi connectivity index (χ0n) is 15.0. The first-order valence-electron chi connectivity index (χ1n) is 8.61. The summed E-state index contributed by atoms with van der Waals surface area (Å²) < 4.78 is 1.55. The Kier molecular flexibility index (Phi) is 4.40. The second kappa shape index (κ2) is 7.03. The molecule has 0 spiro atoms. The van der Waals surface area contributed by atoms with Crippen molar-refractivity contribution in [3.8, 4) is 5.69 Å². The summed E-state index contributed by atoms with van der Waals surface area (Å²) in [4.78, 5) is 37.3. The highest BCUT2D eigenvalue weighted by Crippen LogP contribution is 2.24. The molecule has 0 radical (unpaired) electrons. The Hall–Kier alpha value is -3.88. The number of nitrogens with one attached hydrogen (secondary N) is 1. The Morgan fingerprint density at radius 1 is 1.04 bits per heavy atom. The van der Waals surface area contributed by atoms with Gasteiger partial charge in [-0.2, -0.15) is 0 Å². The van der Waals surface area contributed by atoms with E-state index in [9.17, 15) is 14.4 Å². The number of nitrogens with zero attached hydrogens (tertiary/aromatic N) is 5. The van der Waals surface area contributed by atoms with Gasteiger partial charge in [0.25, 0.3) is 11.8 Å². The summed E-state index contributed by atoms with van der Waals surface area (Å²) in [5.41, 5.74) is 3.00. The molecule has 0 unspecified atom stereocenters. The number of rotatable bonds is 5. The van der Waals surface area contributed by atoms with Gasteiger partial charge >= 0.3 is 0 Å². The van der Waals surface area contributed by atoms with Gasteiger partial charge in [-0.3, -0.25) is 19.3 Å². The standard InChI is InChI=1S/C19H16N6O3/c1-24-18(27)15-8-5-13(10-16(15)19(24)28)21-17(26)9-4-12-2-6-14(7-3-12)25-11-20-22-23-25/h2-3,5-8,10-11H,4,9H2,1H3,(H,21,26). The van der Waals surface area contributed by atoms with E-state index < -0.39 is 0 Å². The lowest BCUT2D eigenvalue weighted by Crippen LogP contribution is -2.24. The van der Waals surface area contributed by atoms with Crippen LogP contribution in [0.25, 0.3) is 5.69 Å². The largest absolute Gasteiger partial charge is 0.326 e. The van der Waals surface area contributed by atoms with Gasteiger partial charge in [0.2, 0.25) is 5.91 Å². The van der Waals surface area contributed by atoms with Gasteiger partial charge in [0.1, 0.15) is 6.33 Å². The van der Waals surface area contributed by atoms with Crippen LogP contribution < -0.4 is 5.32 Å². The highest BCUT2D eigenvalue weighted by Gasteiger charge is 2.32. The van der Waals surface area contributed by atoms with Crippen molar-refractivity contribution in [3.63, 3.8) is 0 Å². The average molecular weight is 376 g/mol. The minimum absolute atomic E-state index is 0.172. The summed E-state index contributed by atoms with van der Waals surface area (Å²) in [6.45, 7) is 0. The summed E-state index contributed by atoms with van der Waals surface area (Å²) in [7, 11) is 1.44. The third-order valence-electron chi connectivity index (χ3n) is 4.56. The number of hydrogen-bond acceptors (Lipinski definition) is 6.